The van der Waals surface area contributed by atoms with E-state index in [1.165, 1.54) is 5.56 Å². The third-order valence-electron chi connectivity index (χ3n) is 3.99. The lowest BCUT2D eigenvalue weighted by Crippen LogP contribution is -2.51. The maximum atomic E-state index is 6.01. The van der Waals surface area contributed by atoms with E-state index in [0.29, 0.717) is 18.7 Å². The minimum absolute atomic E-state index is 0.184. The zero-order valence-electron chi connectivity index (χ0n) is 13.6. The molecule has 1 N–H and O–H groups in total. The summed E-state index contributed by atoms with van der Waals surface area (Å²) in [6.45, 7) is 9.86. The van der Waals surface area contributed by atoms with Gasteiger partial charge in [0, 0.05) is 19.1 Å². The largest absolute Gasteiger partial charge is 0.494 e. The van der Waals surface area contributed by atoms with Gasteiger partial charge in [-0.05, 0) is 45.5 Å². The van der Waals surface area contributed by atoms with Crippen LogP contribution in [0.2, 0.25) is 0 Å². The van der Waals surface area contributed by atoms with Gasteiger partial charge in [-0.25, -0.2) is 0 Å². The molecule has 1 saturated heterocycles. The van der Waals surface area contributed by atoms with Gasteiger partial charge in [-0.3, -0.25) is 4.90 Å². The van der Waals surface area contributed by atoms with Gasteiger partial charge in [0.15, 0.2) is 0 Å². The van der Waals surface area contributed by atoms with Crippen LogP contribution in [0, 0.1) is 0 Å². The van der Waals surface area contributed by atoms with Crippen LogP contribution >= 0.6 is 0 Å². The zero-order valence-corrected chi connectivity index (χ0v) is 13.6. The molecule has 2 atom stereocenters. The van der Waals surface area contributed by atoms with Gasteiger partial charge in [-0.1, -0.05) is 12.1 Å². The second-order valence-corrected chi connectivity index (χ2v) is 5.75. The third-order valence-corrected chi connectivity index (χ3v) is 3.99. The number of likely N-dealkylation sites (N-methyl/N-ethyl adjacent to an activating group) is 1. The molecule has 0 saturated carbocycles. The highest BCUT2D eigenvalue weighted by Crippen LogP contribution is 2.32. The van der Waals surface area contributed by atoms with Gasteiger partial charge in [0.05, 0.1) is 25.4 Å². The molecule has 4 heteroatoms. The first-order chi connectivity index (χ1) is 10.2. The normalized spacial score (nSPS) is 23.5. The highest BCUT2D eigenvalue weighted by molar-refractivity contribution is 5.30. The van der Waals surface area contributed by atoms with E-state index in [4.69, 9.17) is 9.47 Å². The Morgan fingerprint density at radius 2 is 2.05 bits per heavy atom. The van der Waals surface area contributed by atoms with Gasteiger partial charge in [-0.2, -0.15) is 0 Å². The summed E-state index contributed by atoms with van der Waals surface area (Å²) in [7, 11) is 1.98. The van der Waals surface area contributed by atoms with Crippen LogP contribution in [0.5, 0.6) is 5.75 Å². The van der Waals surface area contributed by atoms with Crippen LogP contribution in [0.15, 0.2) is 24.3 Å². The Bertz CT molecular complexity index is 417. The molecule has 0 amide bonds. The van der Waals surface area contributed by atoms with Crippen molar-refractivity contribution in [2.45, 2.75) is 39.0 Å². The summed E-state index contributed by atoms with van der Waals surface area (Å²) in [6, 6.07) is 9.25. The standard InChI is InChI=1S/C17H28N2O2/c1-5-20-15-8-6-14(7-9-15)17-16(12-18-4)21-11-10-19(17)13(2)3/h6-9,13,16-18H,5,10-12H2,1-4H3. The van der Waals surface area contributed by atoms with E-state index in [0.717, 1.165) is 25.4 Å². The first-order valence-electron chi connectivity index (χ1n) is 7.92. The van der Waals surface area contributed by atoms with Crippen LogP contribution in [-0.2, 0) is 4.74 Å². The molecule has 1 aromatic rings. The molecule has 0 aromatic heterocycles. The summed E-state index contributed by atoms with van der Waals surface area (Å²) in [5.74, 6) is 0.930. The van der Waals surface area contributed by atoms with Gasteiger partial charge < -0.3 is 14.8 Å². The van der Waals surface area contributed by atoms with Crippen molar-refractivity contribution >= 4 is 0 Å². The van der Waals surface area contributed by atoms with Gasteiger partial charge in [0.2, 0.25) is 0 Å². The Hall–Kier alpha value is -1.10. The Morgan fingerprint density at radius 3 is 2.62 bits per heavy atom. The smallest absolute Gasteiger partial charge is 0.119 e. The highest BCUT2D eigenvalue weighted by atomic mass is 16.5. The zero-order chi connectivity index (χ0) is 15.2. The Morgan fingerprint density at radius 1 is 1.33 bits per heavy atom. The van der Waals surface area contributed by atoms with E-state index in [1.54, 1.807) is 0 Å². The molecule has 1 heterocycles. The van der Waals surface area contributed by atoms with Crippen molar-refractivity contribution in [2.24, 2.45) is 0 Å². The first kappa shape index (κ1) is 16.3. The number of morpholine rings is 1. The van der Waals surface area contributed by atoms with Gasteiger partial charge in [0.25, 0.3) is 0 Å². The predicted octanol–water partition coefficient (Wildman–Crippen LogP) is 2.46. The van der Waals surface area contributed by atoms with Crippen molar-refractivity contribution in [2.75, 3.05) is 33.4 Å². The number of benzene rings is 1. The lowest BCUT2D eigenvalue weighted by Gasteiger charge is -2.43. The van der Waals surface area contributed by atoms with Crippen molar-refractivity contribution in [1.29, 1.82) is 0 Å². The number of nitrogens with zero attached hydrogens (tertiary/aromatic N) is 1. The summed E-state index contributed by atoms with van der Waals surface area (Å²) in [5, 5.41) is 3.25. The molecule has 1 aliphatic rings. The molecule has 0 bridgehead atoms. The number of rotatable bonds is 6. The van der Waals surface area contributed by atoms with Crippen molar-refractivity contribution in [3.8, 4) is 5.75 Å². The average molecular weight is 292 g/mol. The fourth-order valence-corrected chi connectivity index (χ4v) is 3.04. The molecule has 0 spiro atoms. The van der Waals surface area contributed by atoms with Crippen LogP contribution in [0.4, 0.5) is 0 Å². The highest BCUT2D eigenvalue weighted by Gasteiger charge is 2.34. The van der Waals surface area contributed by atoms with Crippen LogP contribution < -0.4 is 10.1 Å². The molecule has 4 nitrogen and oxygen atoms in total. The predicted molar refractivity (Wildman–Crippen MR) is 85.9 cm³/mol. The number of ether oxygens (including phenoxy) is 2. The van der Waals surface area contributed by atoms with Crippen LogP contribution in [0.3, 0.4) is 0 Å². The van der Waals surface area contributed by atoms with Gasteiger partial charge >= 0.3 is 0 Å². The topological polar surface area (TPSA) is 33.7 Å². The second kappa shape index (κ2) is 7.78. The van der Waals surface area contributed by atoms with Crippen molar-refractivity contribution in [3.63, 3.8) is 0 Å². The number of nitrogens with one attached hydrogen (secondary N) is 1. The molecular formula is C17H28N2O2. The molecule has 2 unspecified atom stereocenters. The second-order valence-electron chi connectivity index (χ2n) is 5.75. The monoisotopic (exact) mass is 292 g/mol. The fraction of sp³-hybridized carbons (Fsp3) is 0.647. The summed E-state index contributed by atoms with van der Waals surface area (Å²) >= 11 is 0. The molecule has 2 rings (SSSR count). The quantitative estimate of drug-likeness (QED) is 0.873. The van der Waals surface area contributed by atoms with E-state index in [1.807, 2.05) is 14.0 Å². The molecule has 21 heavy (non-hydrogen) atoms. The average Bonchev–Trinajstić information content (AvgIpc) is 2.48. The Labute approximate surface area is 128 Å². The Kier molecular flexibility index (Phi) is 6.03. The van der Waals surface area contributed by atoms with Crippen molar-refractivity contribution in [1.82, 2.24) is 10.2 Å². The third kappa shape index (κ3) is 3.96. The molecule has 0 radical (unpaired) electrons. The molecule has 0 aliphatic carbocycles. The molecular weight excluding hydrogens is 264 g/mol. The summed E-state index contributed by atoms with van der Waals surface area (Å²) in [5.41, 5.74) is 1.30. The van der Waals surface area contributed by atoms with E-state index >= 15 is 0 Å². The maximum absolute atomic E-state index is 6.01. The van der Waals surface area contributed by atoms with Gasteiger partial charge in [0.1, 0.15) is 5.75 Å². The molecule has 1 fully saturated rings. The van der Waals surface area contributed by atoms with E-state index < -0.39 is 0 Å². The van der Waals surface area contributed by atoms with Crippen molar-refractivity contribution in [3.05, 3.63) is 29.8 Å². The molecule has 118 valence electrons. The van der Waals surface area contributed by atoms with Crippen LogP contribution in [0.1, 0.15) is 32.4 Å². The summed E-state index contributed by atoms with van der Waals surface area (Å²) in [4.78, 5) is 2.53. The Balaban J connectivity index is 2.23. The van der Waals surface area contributed by atoms with Crippen LogP contribution in [-0.4, -0.2) is 50.4 Å². The SMILES string of the molecule is CCOc1ccc(C2C(CNC)OCCN2C(C)C)cc1. The lowest BCUT2D eigenvalue weighted by molar-refractivity contribution is -0.0815. The minimum atomic E-state index is 0.184. The summed E-state index contributed by atoms with van der Waals surface area (Å²) in [6.07, 6.45) is 0.184. The first-order valence-corrected chi connectivity index (χ1v) is 7.92. The van der Waals surface area contributed by atoms with E-state index in [2.05, 4.69) is 48.3 Å². The van der Waals surface area contributed by atoms with Crippen molar-refractivity contribution < 1.29 is 9.47 Å². The number of hydrogen-bond acceptors (Lipinski definition) is 4. The van der Waals surface area contributed by atoms with Crippen LogP contribution in [0.25, 0.3) is 0 Å². The fourth-order valence-electron chi connectivity index (χ4n) is 3.04. The van der Waals surface area contributed by atoms with E-state index in [-0.39, 0.29) is 6.10 Å². The maximum Gasteiger partial charge on any atom is 0.119 e. The minimum Gasteiger partial charge on any atom is -0.494 e. The van der Waals surface area contributed by atoms with Gasteiger partial charge in [-0.15, -0.1) is 0 Å². The number of hydrogen-bond donors (Lipinski definition) is 1. The van der Waals surface area contributed by atoms with E-state index in [9.17, 15) is 0 Å². The lowest BCUT2D eigenvalue weighted by atomic mass is 9.96. The molecule has 1 aliphatic heterocycles. The molecule has 1 aromatic carbocycles. The summed E-state index contributed by atoms with van der Waals surface area (Å²) < 4.78 is 11.5.